The van der Waals surface area contributed by atoms with Crippen molar-refractivity contribution in [3.63, 3.8) is 0 Å². The van der Waals surface area contributed by atoms with Gasteiger partial charge in [0.05, 0.1) is 11.3 Å². The first kappa shape index (κ1) is 15.6. The predicted molar refractivity (Wildman–Crippen MR) is 83.3 cm³/mol. The minimum Gasteiger partial charge on any atom is -0.481 e. The van der Waals surface area contributed by atoms with E-state index in [2.05, 4.69) is 5.32 Å². The molecule has 0 aliphatic rings. The van der Waals surface area contributed by atoms with E-state index in [0.29, 0.717) is 5.75 Å². The quantitative estimate of drug-likeness (QED) is 0.889. The van der Waals surface area contributed by atoms with E-state index in [1.165, 1.54) is 6.07 Å². The SMILES string of the molecule is Cc1ccccc1OC(C)C(=O)Nc1ccccc1C(=O)O. The summed E-state index contributed by atoms with van der Waals surface area (Å²) in [5, 5.41) is 11.7. The van der Waals surface area contributed by atoms with Crippen molar-refractivity contribution in [3.05, 3.63) is 59.7 Å². The molecule has 0 saturated carbocycles. The minimum absolute atomic E-state index is 0.0407. The largest absolute Gasteiger partial charge is 0.481 e. The Kier molecular flexibility index (Phi) is 4.78. The van der Waals surface area contributed by atoms with E-state index in [0.717, 1.165) is 5.56 Å². The lowest BCUT2D eigenvalue weighted by atomic mass is 10.1. The molecule has 0 fully saturated rings. The van der Waals surface area contributed by atoms with E-state index in [1.807, 2.05) is 25.1 Å². The molecule has 1 amide bonds. The molecule has 1 unspecified atom stereocenters. The highest BCUT2D eigenvalue weighted by Gasteiger charge is 2.18. The van der Waals surface area contributed by atoms with Crippen LogP contribution in [-0.2, 0) is 4.79 Å². The lowest BCUT2D eigenvalue weighted by molar-refractivity contribution is -0.122. The average molecular weight is 299 g/mol. The number of aryl methyl sites for hydroxylation is 1. The molecule has 0 radical (unpaired) electrons. The van der Waals surface area contributed by atoms with Crippen molar-refractivity contribution in [3.8, 4) is 5.75 Å². The van der Waals surface area contributed by atoms with Gasteiger partial charge < -0.3 is 15.2 Å². The molecule has 1 atom stereocenters. The maximum atomic E-state index is 12.2. The number of carboxylic acid groups (broad SMARTS) is 1. The Hall–Kier alpha value is -2.82. The number of amides is 1. The van der Waals surface area contributed by atoms with Crippen LogP contribution >= 0.6 is 0 Å². The summed E-state index contributed by atoms with van der Waals surface area (Å²) in [5.41, 5.74) is 1.22. The summed E-state index contributed by atoms with van der Waals surface area (Å²) in [6.45, 7) is 3.50. The molecule has 0 aliphatic carbocycles. The normalized spacial score (nSPS) is 11.5. The smallest absolute Gasteiger partial charge is 0.337 e. The summed E-state index contributed by atoms with van der Waals surface area (Å²) in [5.74, 6) is -0.878. The van der Waals surface area contributed by atoms with Gasteiger partial charge in [-0.05, 0) is 37.6 Å². The van der Waals surface area contributed by atoms with Gasteiger partial charge in [-0.2, -0.15) is 0 Å². The summed E-state index contributed by atoms with van der Waals surface area (Å²) in [7, 11) is 0. The number of hydrogen-bond acceptors (Lipinski definition) is 3. The number of carbonyl (C=O) groups excluding carboxylic acids is 1. The Bertz CT molecular complexity index is 697. The van der Waals surface area contributed by atoms with Crippen LogP contribution in [-0.4, -0.2) is 23.1 Å². The van der Waals surface area contributed by atoms with Crippen molar-refractivity contribution in [1.82, 2.24) is 0 Å². The van der Waals surface area contributed by atoms with Gasteiger partial charge in [0.15, 0.2) is 6.10 Å². The zero-order chi connectivity index (χ0) is 16.1. The third-order valence-electron chi connectivity index (χ3n) is 3.18. The van der Waals surface area contributed by atoms with Crippen molar-refractivity contribution < 1.29 is 19.4 Å². The van der Waals surface area contributed by atoms with Gasteiger partial charge in [0.25, 0.3) is 5.91 Å². The third-order valence-corrected chi connectivity index (χ3v) is 3.18. The summed E-state index contributed by atoms with van der Waals surface area (Å²) < 4.78 is 5.62. The van der Waals surface area contributed by atoms with Crippen LogP contribution in [0.2, 0.25) is 0 Å². The minimum atomic E-state index is -1.09. The fraction of sp³-hybridized carbons (Fsp3) is 0.176. The summed E-state index contributed by atoms with van der Waals surface area (Å²) >= 11 is 0. The molecular formula is C17H17NO4. The van der Waals surface area contributed by atoms with Crippen LogP contribution in [0.4, 0.5) is 5.69 Å². The van der Waals surface area contributed by atoms with Crippen molar-refractivity contribution in [2.24, 2.45) is 0 Å². The standard InChI is InChI=1S/C17H17NO4/c1-11-7-3-6-10-15(11)22-12(2)16(19)18-14-9-5-4-8-13(14)17(20)21/h3-10,12H,1-2H3,(H,18,19)(H,20,21). The molecule has 5 nitrogen and oxygen atoms in total. The second-order valence-electron chi connectivity index (χ2n) is 4.87. The maximum Gasteiger partial charge on any atom is 0.337 e. The Morgan fingerprint density at radius 2 is 1.73 bits per heavy atom. The van der Waals surface area contributed by atoms with Gasteiger partial charge in [-0.25, -0.2) is 4.79 Å². The number of carboxylic acids is 1. The van der Waals surface area contributed by atoms with Gasteiger partial charge in [-0.3, -0.25) is 4.79 Å². The van der Waals surface area contributed by atoms with E-state index in [-0.39, 0.29) is 11.3 Å². The molecule has 0 bridgehead atoms. The lowest BCUT2D eigenvalue weighted by Crippen LogP contribution is -2.30. The maximum absolute atomic E-state index is 12.2. The van der Waals surface area contributed by atoms with Gasteiger partial charge in [0.2, 0.25) is 0 Å². The fourth-order valence-electron chi connectivity index (χ4n) is 1.95. The van der Waals surface area contributed by atoms with E-state index in [1.54, 1.807) is 31.2 Å². The summed E-state index contributed by atoms with van der Waals surface area (Å²) in [6.07, 6.45) is -0.747. The average Bonchev–Trinajstić information content (AvgIpc) is 2.49. The number of hydrogen-bond donors (Lipinski definition) is 2. The van der Waals surface area contributed by atoms with Gasteiger partial charge >= 0.3 is 5.97 Å². The third kappa shape index (κ3) is 3.63. The molecule has 2 N–H and O–H groups in total. The molecule has 0 heterocycles. The number of anilines is 1. The monoisotopic (exact) mass is 299 g/mol. The topological polar surface area (TPSA) is 75.6 Å². The van der Waals surface area contributed by atoms with Crippen LogP contribution in [0.3, 0.4) is 0 Å². The molecule has 0 spiro atoms. The predicted octanol–water partition coefficient (Wildman–Crippen LogP) is 3.10. The molecule has 114 valence electrons. The number of ether oxygens (including phenoxy) is 1. The van der Waals surface area contributed by atoms with Gasteiger partial charge in [0.1, 0.15) is 5.75 Å². The lowest BCUT2D eigenvalue weighted by Gasteiger charge is -2.16. The number of benzene rings is 2. The molecule has 2 rings (SSSR count). The zero-order valence-electron chi connectivity index (χ0n) is 12.4. The van der Waals surface area contributed by atoms with Crippen molar-refractivity contribution >= 4 is 17.6 Å². The first-order valence-electron chi connectivity index (χ1n) is 6.84. The second-order valence-corrected chi connectivity index (χ2v) is 4.87. The van der Waals surface area contributed by atoms with E-state index >= 15 is 0 Å². The number of nitrogens with one attached hydrogen (secondary N) is 1. The summed E-state index contributed by atoms with van der Waals surface area (Å²) in [6, 6.07) is 13.6. The van der Waals surface area contributed by atoms with Crippen LogP contribution in [0, 0.1) is 6.92 Å². The van der Waals surface area contributed by atoms with E-state index in [9.17, 15) is 9.59 Å². The van der Waals surface area contributed by atoms with E-state index in [4.69, 9.17) is 9.84 Å². The van der Waals surface area contributed by atoms with Gasteiger partial charge in [-0.1, -0.05) is 30.3 Å². The Labute approximate surface area is 128 Å². The summed E-state index contributed by atoms with van der Waals surface area (Å²) in [4.78, 5) is 23.3. The highest BCUT2D eigenvalue weighted by atomic mass is 16.5. The highest BCUT2D eigenvalue weighted by molar-refractivity contribution is 6.01. The number of rotatable bonds is 5. The molecule has 22 heavy (non-hydrogen) atoms. The van der Waals surface area contributed by atoms with Crippen molar-refractivity contribution in [2.75, 3.05) is 5.32 Å². The van der Waals surface area contributed by atoms with Crippen molar-refractivity contribution in [2.45, 2.75) is 20.0 Å². The first-order chi connectivity index (χ1) is 10.5. The van der Waals surface area contributed by atoms with Crippen LogP contribution < -0.4 is 10.1 Å². The Balaban J connectivity index is 2.09. The van der Waals surface area contributed by atoms with Crippen LogP contribution in [0.5, 0.6) is 5.75 Å². The van der Waals surface area contributed by atoms with Crippen LogP contribution in [0.1, 0.15) is 22.8 Å². The Morgan fingerprint density at radius 3 is 2.41 bits per heavy atom. The molecule has 5 heteroatoms. The molecule has 0 aliphatic heterocycles. The van der Waals surface area contributed by atoms with Gasteiger partial charge in [0, 0.05) is 0 Å². The Morgan fingerprint density at radius 1 is 1.09 bits per heavy atom. The molecule has 2 aromatic rings. The molecule has 2 aromatic carbocycles. The highest BCUT2D eigenvalue weighted by Crippen LogP contribution is 2.19. The molecular weight excluding hydrogens is 282 g/mol. The second kappa shape index (κ2) is 6.76. The van der Waals surface area contributed by atoms with Crippen LogP contribution in [0.15, 0.2) is 48.5 Å². The van der Waals surface area contributed by atoms with Crippen LogP contribution in [0.25, 0.3) is 0 Å². The number of carbonyl (C=O) groups is 2. The molecule has 0 saturated heterocycles. The molecule has 0 aromatic heterocycles. The first-order valence-corrected chi connectivity index (χ1v) is 6.84. The van der Waals surface area contributed by atoms with Gasteiger partial charge in [-0.15, -0.1) is 0 Å². The zero-order valence-corrected chi connectivity index (χ0v) is 12.4. The van der Waals surface area contributed by atoms with Crippen molar-refractivity contribution in [1.29, 1.82) is 0 Å². The number of para-hydroxylation sites is 2. The van der Waals surface area contributed by atoms with E-state index < -0.39 is 18.0 Å². The fourth-order valence-corrected chi connectivity index (χ4v) is 1.95. The number of aromatic carboxylic acids is 1.